The Bertz CT molecular complexity index is 760. The van der Waals surface area contributed by atoms with E-state index in [1.807, 2.05) is 25.4 Å². The maximum atomic E-state index is 13.1. The monoisotopic (exact) mass is 360 g/mol. The number of methoxy groups -OCH3 is 1. The second-order valence-corrected chi connectivity index (χ2v) is 7.37. The predicted octanol–water partition coefficient (Wildman–Crippen LogP) is -0.193. The Morgan fingerprint density at radius 1 is 1.54 bits per heavy atom. The molecule has 2 saturated heterocycles. The van der Waals surface area contributed by atoms with E-state index in [0.717, 1.165) is 5.56 Å². The number of aryl methyl sites for hydroxylation is 1. The Balaban J connectivity index is 1.52. The highest BCUT2D eigenvalue weighted by Crippen LogP contribution is 2.52. The van der Waals surface area contributed by atoms with Gasteiger partial charge >= 0.3 is 0 Å². The number of fused-ring (bicyclic) bond motifs is 1. The van der Waals surface area contributed by atoms with Gasteiger partial charge in [0, 0.05) is 46.1 Å². The van der Waals surface area contributed by atoms with Gasteiger partial charge in [0.25, 0.3) is 0 Å². The molecule has 140 valence electrons. The average Bonchev–Trinajstić information content (AvgIpc) is 3.34. The van der Waals surface area contributed by atoms with Gasteiger partial charge < -0.3 is 19.3 Å². The second-order valence-electron chi connectivity index (χ2n) is 7.37. The fourth-order valence-corrected chi connectivity index (χ4v) is 4.41. The third kappa shape index (κ3) is 2.55. The fourth-order valence-electron chi connectivity index (χ4n) is 4.41. The minimum atomic E-state index is -0.662. The number of carbonyl (C=O) groups excluding carboxylic acids is 2. The summed E-state index contributed by atoms with van der Waals surface area (Å²) in [7, 11) is 5.22. The normalized spacial score (nSPS) is 31.7. The largest absolute Gasteiger partial charge is 0.383 e. The molecule has 2 unspecified atom stereocenters. The van der Waals surface area contributed by atoms with Crippen LogP contribution in [-0.4, -0.2) is 77.0 Å². The number of amides is 2. The van der Waals surface area contributed by atoms with Crippen LogP contribution in [0.15, 0.2) is 24.5 Å². The number of nitrogens with zero attached hydrogens (tertiary/aromatic N) is 4. The summed E-state index contributed by atoms with van der Waals surface area (Å²) in [4.78, 5) is 29.5. The summed E-state index contributed by atoms with van der Waals surface area (Å²) < 4.78 is 12.9. The third-order valence-electron chi connectivity index (χ3n) is 5.58. The smallest absolute Gasteiger partial charge is 0.230 e. The minimum Gasteiger partial charge on any atom is -0.383 e. The number of rotatable bonds is 6. The maximum Gasteiger partial charge on any atom is 0.230 e. The first kappa shape index (κ1) is 17.2. The molecule has 0 aliphatic carbocycles. The summed E-state index contributed by atoms with van der Waals surface area (Å²) >= 11 is 0. The van der Waals surface area contributed by atoms with Gasteiger partial charge in [0.1, 0.15) is 5.60 Å². The molecule has 8 heteroatoms. The van der Waals surface area contributed by atoms with E-state index in [9.17, 15) is 9.59 Å². The molecule has 26 heavy (non-hydrogen) atoms. The summed E-state index contributed by atoms with van der Waals surface area (Å²) in [6.45, 7) is 1.94. The van der Waals surface area contributed by atoms with Gasteiger partial charge in [0.15, 0.2) is 0 Å². The lowest BCUT2D eigenvalue weighted by Crippen LogP contribution is -2.44. The standard InChI is InChI=1S/C18H24N4O4/c1-20(9-12-8-19-21(2)10-12)16(23)14-13-4-5-18(26-13)11-22(6-7-25-3)17(24)15(14)18/h4-5,8,10,13-15H,6-7,9,11H2,1-3H3/t13-,14?,15?,18-/m0/s1. The van der Waals surface area contributed by atoms with Gasteiger partial charge in [-0.3, -0.25) is 14.3 Å². The van der Waals surface area contributed by atoms with Gasteiger partial charge in [0.05, 0.1) is 37.3 Å². The molecule has 0 N–H and O–H groups in total. The van der Waals surface area contributed by atoms with Crippen LogP contribution in [0.3, 0.4) is 0 Å². The molecule has 2 fully saturated rings. The molecule has 0 radical (unpaired) electrons. The Hall–Kier alpha value is -2.19. The fraction of sp³-hybridized carbons (Fsp3) is 0.611. The topological polar surface area (TPSA) is 76.9 Å². The molecule has 2 amide bonds. The highest BCUT2D eigenvalue weighted by atomic mass is 16.5. The Kier molecular flexibility index (Phi) is 4.11. The molecule has 0 saturated carbocycles. The van der Waals surface area contributed by atoms with Crippen molar-refractivity contribution < 1.29 is 19.1 Å². The van der Waals surface area contributed by atoms with Crippen LogP contribution in [0.25, 0.3) is 0 Å². The van der Waals surface area contributed by atoms with Gasteiger partial charge in [-0.15, -0.1) is 0 Å². The molecule has 3 aliphatic heterocycles. The van der Waals surface area contributed by atoms with Gasteiger partial charge in [-0.1, -0.05) is 12.2 Å². The van der Waals surface area contributed by atoms with Crippen LogP contribution in [0.5, 0.6) is 0 Å². The molecule has 3 aliphatic rings. The van der Waals surface area contributed by atoms with Crippen LogP contribution in [0.1, 0.15) is 5.56 Å². The summed E-state index contributed by atoms with van der Waals surface area (Å²) in [6, 6.07) is 0. The van der Waals surface area contributed by atoms with E-state index in [0.29, 0.717) is 26.2 Å². The number of aromatic nitrogens is 2. The quantitative estimate of drug-likeness (QED) is 0.657. The van der Waals surface area contributed by atoms with Crippen LogP contribution in [-0.2, 0) is 32.7 Å². The number of ether oxygens (including phenoxy) is 2. The van der Waals surface area contributed by atoms with Gasteiger partial charge in [-0.25, -0.2) is 0 Å². The zero-order chi connectivity index (χ0) is 18.5. The first-order chi connectivity index (χ1) is 12.4. The van der Waals surface area contributed by atoms with Crippen molar-refractivity contribution in [2.24, 2.45) is 18.9 Å². The predicted molar refractivity (Wildman–Crippen MR) is 91.9 cm³/mol. The first-order valence-corrected chi connectivity index (χ1v) is 8.82. The Morgan fingerprint density at radius 3 is 3.04 bits per heavy atom. The van der Waals surface area contributed by atoms with E-state index in [2.05, 4.69) is 5.10 Å². The van der Waals surface area contributed by atoms with Gasteiger partial charge in [0.2, 0.25) is 11.8 Å². The SMILES string of the molecule is COCCN1C[C@]23C=C[C@H](O2)C(C(=O)N(C)Cc2cnn(C)c2)C3C1=O. The number of hydrogen-bond acceptors (Lipinski definition) is 5. The molecule has 1 aromatic rings. The molecular weight excluding hydrogens is 336 g/mol. The van der Waals surface area contributed by atoms with Crippen LogP contribution in [0.4, 0.5) is 0 Å². The molecule has 2 bridgehead atoms. The maximum absolute atomic E-state index is 13.1. The molecule has 4 rings (SSSR count). The average molecular weight is 360 g/mol. The van der Waals surface area contributed by atoms with E-state index in [4.69, 9.17) is 9.47 Å². The zero-order valence-electron chi connectivity index (χ0n) is 15.3. The van der Waals surface area contributed by atoms with Crippen LogP contribution < -0.4 is 0 Å². The van der Waals surface area contributed by atoms with E-state index in [1.54, 1.807) is 34.8 Å². The van der Waals surface area contributed by atoms with Crippen LogP contribution in [0.2, 0.25) is 0 Å². The number of likely N-dealkylation sites (tertiary alicyclic amines) is 1. The molecule has 0 aromatic carbocycles. The van der Waals surface area contributed by atoms with Crippen molar-refractivity contribution >= 4 is 11.8 Å². The number of hydrogen-bond donors (Lipinski definition) is 0. The molecule has 8 nitrogen and oxygen atoms in total. The lowest BCUT2D eigenvalue weighted by Gasteiger charge is -2.27. The molecule has 1 spiro atoms. The van der Waals surface area contributed by atoms with E-state index in [1.165, 1.54) is 0 Å². The molecular formula is C18H24N4O4. The lowest BCUT2D eigenvalue weighted by atomic mass is 9.76. The molecule has 1 aromatic heterocycles. The summed E-state index contributed by atoms with van der Waals surface area (Å²) in [5.41, 5.74) is 0.294. The Morgan fingerprint density at radius 2 is 2.35 bits per heavy atom. The Labute approximate surface area is 152 Å². The van der Waals surface area contributed by atoms with E-state index >= 15 is 0 Å². The summed E-state index contributed by atoms with van der Waals surface area (Å²) in [5.74, 6) is -0.987. The first-order valence-electron chi connectivity index (χ1n) is 8.82. The van der Waals surface area contributed by atoms with Crippen molar-refractivity contribution in [2.45, 2.75) is 18.2 Å². The summed E-state index contributed by atoms with van der Waals surface area (Å²) in [6.07, 6.45) is 7.21. The third-order valence-corrected chi connectivity index (χ3v) is 5.58. The van der Waals surface area contributed by atoms with Crippen LogP contribution in [0, 0.1) is 11.8 Å². The minimum absolute atomic E-state index is 0.0120. The van der Waals surface area contributed by atoms with Gasteiger partial charge in [-0.2, -0.15) is 5.10 Å². The lowest BCUT2D eigenvalue weighted by molar-refractivity contribution is -0.142. The van der Waals surface area contributed by atoms with Crippen molar-refractivity contribution in [3.05, 3.63) is 30.1 Å². The molecule has 4 heterocycles. The van der Waals surface area contributed by atoms with Gasteiger partial charge in [-0.05, 0) is 0 Å². The highest BCUT2D eigenvalue weighted by molar-refractivity contribution is 5.93. The van der Waals surface area contributed by atoms with E-state index in [-0.39, 0.29) is 17.9 Å². The van der Waals surface area contributed by atoms with Crippen molar-refractivity contribution in [3.63, 3.8) is 0 Å². The highest BCUT2D eigenvalue weighted by Gasteiger charge is 2.66. The van der Waals surface area contributed by atoms with Crippen molar-refractivity contribution in [3.8, 4) is 0 Å². The second kappa shape index (κ2) is 6.21. The molecule has 4 atom stereocenters. The summed E-state index contributed by atoms with van der Waals surface area (Å²) in [5, 5.41) is 4.14. The van der Waals surface area contributed by atoms with Crippen molar-refractivity contribution in [1.82, 2.24) is 19.6 Å². The van der Waals surface area contributed by atoms with Crippen molar-refractivity contribution in [2.75, 3.05) is 33.9 Å². The van der Waals surface area contributed by atoms with E-state index < -0.39 is 17.4 Å². The number of carbonyl (C=O) groups is 2. The van der Waals surface area contributed by atoms with Crippen LogP contribution >= 0.6 is 0 Å². The zero-order valence-corrected chi connectivity index (χ0v) is 15.3. The van der Waals surface area contributed by atoms with Crippen molar-refractivity contribution in [1.29, 1.82) is 0 Å².